The summed E-state index contributed by atoms with van der Waals surface area (Å²) < 4.78 is 5.45. The third-order valence-corrected chi connectivity index (χ3v) is 3.09. The summed E-state index contributed by atoms with van der Waals surface area (Å²) >= 11 is 0. The van der Waals surface area contributed by atoms with Gasteiger partial charge in [0.2, 0.25) is 5.91 Å². The Hall–Kier alpha value is -1.43. The molecular weight excluding hydrogens is 244 g/mol. The Morgan fingerprint density at radius 2 is 2.26 bits per heavy atom. The van der Waals surface area contributed by atoms with E-state index in [9.17, 15) is 9.90 Å². The second kappa shape index (κ2) is 7.23. The van der Waals surface area contributed by atoms with Crippen molar-refractivity contribution in [3.8, 4) is 0 Å². The first-order valence-corrected chi connectivity index (χ1v) is 6.58. The molecule has 5 nitrogen and oxygen atoms in total. The van der Waals surface area contributed by atoms with E-state index >= 15 is 0 Å². The van der Waals surface area contributed by atoms with Gasteiger partial charge in [-0.05, 0) is 5.56 Å². The number of ether oxygens (including phenoxy) is 1. The molecule has 0 spiro atoms. The maximum absolute atomic E-state index is 11.7. The predicted molar refractivity (Wildman–Crippen MR) is 71.6 cm³/mol. The molecule has 1 aromatic carbocycles. The van der Waals surface area contributed by atoms with Crippen molar-refractivity contribution in [1.82, 2.24) is 10.6 Å². The fourth-order valence-corrected chi connectivity index (χ4v) is 2.03. The molecule has 1 amide bonds. The highest BCUT2D eigenvalue weighted by Gasteiger charge is 2.17. The predicted octanol–water partition coefficient (Wildman–Crippen LogP) is 0.215. The van der Waals surface area contributed by atoms with Crippen molar-refractivity contribution in [3.63, 3.8) is 0 Å². The van der Waals surface area contributed by atoms with E-state index in [2.05, 4.69) is 10.6 Å². The van der Waals surface area contributed by atoms with Crippen molar-refractivity contribution < 1.29 is 14.6 Å². The van der Waals surface area contributed by atoms with Gasteiger partial charge in [0.15, 0.2) is 0 Å². The van der Waals surface area contributed by atoms with Gasteiger partial charge in [-0.1, -0.05) is 30.3 Å². The molecule has 1 aliphatic rings. The van der Waals surface area contributed by atoms with Crippen molar-refractivity contribution in [2.75, 3.05) is 26.2 Å². The molecule has 0 radical (unpaired) electrons. The van der Waals surface area contributed by atoms with Gasteiger partial charge in [0.25, 0.3) is 0 Å². The molecule has 2 rings (SSSR count). The quantitative estimate of drug-likeness (QED) is 0.711. The number of aliphatic hydroxyl groups excluding tert-OH is 1. The normalized spacial score (nSPS) is 20.8. The molecule has 0 bridgehead atoms. The van der Waals surface area contributed by atoms with Crippen molar-refractivity contribution in [2.24, 2.45) is 0 Å². The number of morpholine rings is 1. The molecule has 0 saturated carbocycles. The average Bonchev–Trinajstić information content (AvgIpc) is 2.47. The average molecular weight is 264 g/mol. The Kier molecular flexibility index (Phi) is 5.32. The minimum absolute atomic E-state index is 0.0670. The van der Waals surface area contributed by atoms with Crippen molar-refractivity contribution in [2.45, 2.75) is 18.6 Å². The van der Waals surface area contributed by atoms with E-state index in [1.54, 1.807) is 0 Å². The van der Waals surface area contributed by atoms with Crippen LogP contribution < -0.4 is 10.6 Å². The van der Waals surface area contributed by atoms with E-state index in [4.69, 9.17) is 4.74 Å². The maximum atomic E-state index is 11.7. The van der Waals surface area contributed by atoms with Crippen molar-refractivity contribution in [3.05, 3.63) is 35.9 Å². The lowest BCUT2D eigenvalue weighted by atomic mass is 10.1. The van der Waals surface area contributed by atoms with Crippen LogP contribution in [0, 0.1) is 0 Å². The van der Waals surface area contributed by atoms with E-state index < -0.39 is 6.10 Å². The van der Waals surface area contributed by atoms with Gasteiger partial charge < -0.3 is 20.5 Å². The smallest absolute Gasteiger partial charge is 0.222 e. The van der Waals surface area contributed by atoms with Gasteiger partial charge in [0.05, 0.1) is 25.2 Å². The van der Waals surface area contributed by atoms with E-state index in [1.165, 1.54) is 0 Å². The molecule has 2 atom stereocenters. The Labute approximate surface area is 113 Å². The van der Waals surface area contributed by atoms with Gasteiger partial charge in [-0.3, -0.25) is 4.79 Å². The van der Waals surface area contributed by atoms with Crippen LogP contribution in [-0.4, -0.2) is 43.4 Å². The number of benzene rings is 1. The van der Waals surface area contributed by atoms with Crippen LogP contribution in [0.5, 0.6) is 0 Å². The Morgan fingerprint density at radius 1 is 1.47 bits per heavy atom. The number of carbonyl (C=O) groups excluding carboxylic acids is 1. The fourth-order valence-electron chi connectivity index (χ4n) is 2.03. The summed E-state index contributed by atoms with van der Waals surface area (Å²) in [5.74, 6) is -0.0938. The SMILES string of the molecule is O=C(CC1CNCCO1)NCC(O)c1ccccc1. The van der Waals surface area contributed by atoms with Crippen LogP contribution in [0.2, 0.25) is 0 Å². The minimum atomic E-state index is -0.671. The monoisotopic (exact) mass is 264 g/mol. The van der Waals surface area contributed by atoms with E-state index in [-0.39, 0.29) is 18.6 Å². The molecule has 19 heavy (non-hydrogen) atoms. The molecule has 1 saturated heterocycles. The third-order valence-electron chi connectivity index (χ3n) is 3.09. The fraction of sp³-hybridized carbons (Fsp3) is 0.500. The summed E-state index contributed by atoms with van der Waals surface area (Å²) in [5.41, 5.74) is 0.804. The van der Waals surface area contributed by atoms with Gasteiger partial charge >= 0.3 is 0 Å². The highest BCUT2D eigenvalue weighted by molar-refractivity contribution is 5.76. The minimum Gasteiger partial charge on any atom is -0.387 e. The summed E-state index contributed by atoms with van der Waals surface area (Å²) in [6, 6.07) is 9.29. The van der Waals surface area contributed by atoms with Crippen LogP contribution in [-0.2, 0) is 9.53 Å². The molecule has 1 fully saturated rings. The second-order valence-electron chi connectivity index (χ2n) is 4.63. The lowest BCUT2D eigenvalue weighted by molar-refractivity contribution is -0.124. The molecule has 2 unspecified atom stereocenters. The number of hydrogen-bond acceptors (Lipinski definition) is 4. The summed E-state index contributed by atoms with van der Waals surface area (Å²) in [7, 11) is 0. The van der Waals surface area contributed by atoms with Gasteiger partial charge in [0.1, 0.15) is 0 Å². The maximum Gasteiger partial charge on any atom is 0.222 e. The number of aliphatic hydroxyl groups is 1. The zero-order chi connectivity index (χ0) is 13.5. The molecule has 1 heterocycles. The zero-order valence-corrected chi connectivity index (χ0v) is 10.8. The second-order valence-corrected chi connectivity index (χ2v) is 4.63. The Balaban J connectivity index is 1.71. The largest absolute Gasteiger partial charge is 0.387 e. The van der Waals surface area contributed by atoms with Crippen LogP contribution in [0.15, 0.2) is 30.3 Å². The van der Waals surface area contributed by atoms with Crippen LogP contribution in [0.25, 0.3) is 0 Å². The number of carbonyl (C=O) groups is 1. The first kappa shape index (κ1) is 14.0. The first-order valence-electron chi connectivity index (χ1n) is 6.58. The van der Waals surface area contributed by atoms with Crippen LogP contribution in [0.3, 0.4) is 0 Å². The molecule has 0 aliphatic carbocycles. The molecule has 1 aliphatic heterocycles. The zero-order valence-electron chi connectivity index (χ0n) is 10.8. The molecular formula is C14H20N2O3. The summed E-state index contributed by atoms with van der Waals surface area (Å²) in [6.45, 7) is 2.41. The molecule has 3 N–H and O–H groups in total. The third kappa shape index (κ3) is 4.63. The Bertz CT molecular complexity index is 391. The topological polar surface area (TPSA) is 70.6 Å². The lowest BCUT2D eigenvalue weighted by Gasteiger charge is -2.23. The molecule has 1 aromatic rings. The molecule has 5 heteroatoms. The first-order chi connectivity index (χ1) is 9.25. The number of amides is 1. The summed E-state index contributed by atoms with van der Waals surface area (Å²) in [4.78, 5) is 11.7. The van der Waals surface area contributed by atoms with Crippen LogP contribution >= 0.6 is 0 Å². The van der Waals surface area contributed by atoms with Crippen molar-refractivity contribution >= 4 is 5.91 Å². The highest BCUT2D eigenvalue weighted by atomic mass is 16.5. The van der Waals surface area contributed by atoms with E-state index in [0.717, 1.165) is 12.1 Å². The standard InChI is InChI=1S/C14H20N2O3/c17-13(11-4-2-1-3-5-11)10-16-14(18)8-12-9-15-6-7-19-12/h1-5,12-13,15,17H,6-10H2,(H,16,18). The summed E-state index contributed by atoms with van der Waals surface area (Å²) in [5, 5.41) is 15.8. The number of rotatable bonds is 5. The van der Waals surface area contributed by atoms with Gasteiger partial charge in [-0.15, -0.1) is 0 Å². The lowest BCUT2D eigenvalue weighted by Crippen LogP contribution is -2.41. The van der Waals surface area contributed by atoms with E-state index in [1.807, 2.05) is 30.3 Å². The molecule has 0 aromatic heterocycles. The highest BCUT2D eigenvalue weighted by Crippen LogP contribution is 2.10. The van der Waals surface area contributed by atoms with Gasteiger partial charge in [0, 0.05) is 19.6 Å². The van der Waals surface area contributed by atoms with Crippen molar-refractivity contribution in [1.29, 1.82) is 0 Å². The van der Waals surface area contributed by atoms with Crippen LogP contribution in [0.4, 0.5) is 0 Å². The number of nitrogens with one attached hydrogen (secondary N) is 2. The van der Waals surface area contributed by atoms with Gasteiger partial charge in [-0.25, -0.2) is 0 Å². The number of hydrogen-bond donors (Lipinski definition) is 3. The van der Waals surface area contributed by atoms with E-state index in [0.29, 0.717) is 19.6 Å². The summed E-state index contributed by atoms with van der Waals surface area (Å²) in [6.07, 6.45) is -0.410. The van der Waals surface area contributed by atoms with Gasteiger partial charge in [-0.2, -0.15) is 0 Å². The Morgan fingerprint density at radius 3 is 2.95 bits per heavy atom. The van der Waals surface area contributed by atoms with Crippen LogP contribution in [0.1, 0.15) is 18.1 Å². The molecule has 104 valence electrons.